The molecule has 10 nitrogen and oxygen atoms in total. The highest BCUT2D eigenvalue weighted by atomic mass is 16.5. The van der Waals surface area contributed by atoms with E-state index in [-0.39, 0.29) is 19.1 Å². The molecular weight excluding hydrogens is 344 g/mol. The van der Waals surface area contributed by atoms with Crippen molar-refractivity contribution in [1.82, 2.24) is 9.81 Å². The number of nitrogens with one attached hydrogen (secondary N) is 1. The molecule has 0 radical (unpaired) electrons. The Labute approximate surface area is 149 Å². The monoisotopic (exact) mass is 364 g/mol. The molecule has 1 amide bonds. The number of hydrogen-bond acceptors (Lipinski definition) is 8. The number of rotatable bonds is 3. The first-order valence-electron chi connectivity index (χ1n) is 7.76. The van der Waals surface area contributed by atoms with Gasteiger partial charge in [-0.2, -0.15) is 0 Å². The minimum atomic E-state index is -1.30. The molecule has 10 heteroatoms. The van der Waals surface area contributed by atoms with Crippen molar-refractivity contribution in [3.05, 3.63) is 30.3 Å². The molecule has 1 saturated heterocycles. The van der Waals surface area contributed by atoms with Crippen LogP contribution in [0.3, 0.4) is 0 Å². The van der Waals surface area contributed by atoms with Gasteiger partial charge in [0.05, 0.1) is 6.54 Å². The lowest BCUT2D eigenvalue weighted by Gasteiger charge is -2.34. The van der Waals surface area contributed by atoms with Gasteiger partial charge in [0.15, 0.2) is 6.04 Å². The van der Waals surface area contributed by atoms with E-state index in [1.165, 1.54) is 13.8 Å². The number of para-hydroxylation sites is 1. The molecule has 0 aliphatic carbocycles. The number of carbonyl (C=O) groups is 3. The van der Waals surface area contributed by atoms with Crippen LogP contribution in [-0.2, 0) is 14.3 Å². The zero-order valence-electron chi connectivity index (χ0n) is 14.5. The number of carbonyl (C=O) groups excluding carboxylic acids is 3. The minimum absolute atomic E-state index is 0.0304. The minimum Gasteiger partial charge on any atom is -0.530 e. The number of amides is 1. The Bertz CT molecular complexity index is 675. The van der Waals surface area contributed by atoms with Gasteiger partial charge in [0.25, 0.3) is 0 Å². The molecule has 2 atom stereocenters. The van der Waals surface area contributed by atoms with E-state index >= 15 is 0 Å². The lowest BCUT2D eigenvalue weighted by Crippen LogP contribution is -2.53. The summed E-state index contributed by atoms with van der Waals surface area (Å²) in [5.74, 6) is -0.154. The molecule has 0 bridgehead atoms. The Morgan fingerprint density at radius 3 is 2.38 bits per heavy atom. The Kier molecular flexibility index (Phi) is 8.45. The van der Waals surface area contributed by atoms with E-state index in [2.05, 4.69) is 10.0 Å². The number of ether oxygens (including phenoxy) is 2. The summed E-state index contributed by atoms with van der Waals surface area (Å²) in [5.41, 5.74) is 6.62. The van der Waals surface area contributed by atoms with Gasteiger partial charge in [-0.25, -0.2) is 0 Å². The number of hydrogen-bond donors (Lipinski definition) is 1. The SMILES string of the molecule is CC(=O)OC1CCN(C(=O)[O-])CC1N=[N+]=N.CC(=O)Oc1ccccc1. The molecule has 2 unspecified atom stereocenters. The van der Waals surface area contributed by atoms with E-state index in [0.717, 1.165) is 4.90 Å². The molecule has 140 valence electrons. The molecule has 1 aliphatic rings. The molecule has 1 aromatic rings. The first-order chi connectivity index (χ1) is 12.3. The van der Waals surface area contributed by atoms with E-state index < -0.39 is 24.2 Å². The molecule has 1 fully saturated rings. The third kappa shape index (κ3) is 7.54. The van der Waals surface area contributed by atoms with E-state index in [4.69, 9.17) is 15.0 Å². The van der Waals surface area contributed by atoms with Crippen LogP contribution < -0.4 is 14.8 Å². The van der Waals surface area contributed by atoms with Crippen molar-refractivity contribution in [3.63, 3.8) is 0 Å². The zero-order chi connectivity index (χ0) is 19.5. The maximum absolute atomic E-state index is 10.8. The van der Waals surface area contributed by atoms with Crippen LogP contribution in [0.2, 0.25) is 0 Å². The Morgan fingerprint density at radius 1 is 1.23 bits per heavy atom. The molecule has 26 heavy (non-hydrogen) atoms. The number of nitrogens with zero attached hydrogens (tertiary/aromatic N) is 3. The average Bonchev–Trinajstić information content (AvgIpc) is 2.57. The summed E-state index contributed by atoms with van der Waals surface area (Å²) >= 11 is 0. The fourth-order valence-corrected chi connectivity index (χ4v) is 2.27. The van der Waals surface area contributed by atoms with Gasteiger partial charge in [0.2, 0.25) is 4.91 Å². The van der Waals surface area contributed by atoms with Gasteiger partial charge < -0.3 is 24.3 Å². The lowest BCUT2D eigenvalue weighted by atomic mass is 10.0. The van der Waals surface area contributed by atoms with Gasteiger partial charge in [0.1, 0.15) is 28.6 Å². The molecule has 0 spiro atoms. The Hall–Kier alpha value is -3.26. The number of benzene rings is 1. The molecule has 1 N–H and O–H groups in total. The molecule has 0 saturated carbocycles. The Morgan fingerprint density at radius 2 is 1.88 bits per heavy atom. The largest absolute Gasteiger partial charge is 0.530 e. The summed E-state index contributed by atoms with van der Waals surface area (Å²) in [6, 6.07) is 8.35. The normalized spacial score (nSPS) is 18.5. The van der Waals surface area contributed by atoms with Crippen LogP contribution in [-0.4, -0.2) is 48.2 Å². The highest BCUT2D eigenvalue weighted by Gasteiger charge is 2.34. The number of esters is 2. The molecule has 1 aromatic carbocycles. The third-order valence-corrected chi connectivity index (χ3v) is 3.31. The quantitative estimate of drug-likeness (QED) is 0.357. The van der Waals surface area contributed by atoms with Crippen molar-refractivity contribution < 1.29 is 29.0 Å². The van der Waals surface area contributed by atoms with Gasteiger partial charge in [-0.1, -0.05) is 18.2 Å². The number of piperidine rings is 1. The van der Waals surface area contributed by atoms with Crippen LogP contribution in [0.5, 0.6) is 5.75 Å². The fourth-order valence-electron chi connectivity index (χ4n) is 2.27. The van der Waals surface area contributed by atoms with Crippen molar-refractivity contribution in [2.75, 3.05) is 13.1 Å². The zero-order valence-corrected chi connectivity index (χ0v) is 14.5. The summed E-state index contributed by atoms with van der Waals surface area (Å²) in [4.78, 5) is 35.7. The van der Waals surface area contributed by atoms with Crippen LogP contribution in [0.25, 0.3) is 0 Å². The van der Waals surface area contributed by atoms with E-state index in [1.54, 1.807) is 12.1 Å². The van der Waals surface area contributed by atoms with Crippen molar-refractivity contribution in [1.29, 1.82) is 5.53 Å². The predicted octanol–water partition coefficient (Wildman–Crippen LogP) is 0.498. The second kappa shape index (κ2) is 10.6. The standard InChI is InChI=1S/C8H12N4O4.C8H8O2/c1-5(13)16-7-2-3-12(8(14)15)4-6(7)10-11-9;1-7(9)10-8-5-3-2-4-6-8/h6-7,9H,2-4H2,1H3;2-6H,1H3. The van der Waals surface area contributed by atoms with Gasteiger partial charge >= 0.3 is 11.9 Å². The fraction of sp³-hybridized carbons (Fsp3) is 0.438. The first kappa shape index (κ1) is 20.8. The topological polar surface area (TPSA) is 146 Å². The number of carboxylic acid groups (broad SMARTS) is 1. The smallest absolute Gasteiger partial charge is 0.308 e. The third-order valence-electron chi connectivity index (χ3n) is 3.31. The van der Waals surface area contributed by atoms with Gasteiger partial charge in [-0.15, -0.1) is 0 Å². The molecule has 2 rings (SSSR count). The second-order valence-corrected chi connectivity index (χ2v) is 5.34. The maximum Gasteiger partial charge on any atom is 0.308 e. The summed E-state index contributed by atoms with van der Waals surface area (Å²) in [6.45, 7) is 2.90. The molecule has 1 aliphatic heterocycles. The Balaban J connectivity index is 0.000000289. The van der Waals surface area contributed by atoms with Crippen LogP contribution >= 0.6 is 0 Å². The molecule has 0 aromatic heterocycles. The average molecular weight is 364 g/mol. The van der Waals surface area contributed by atoms with Crippen molar-refractivity contribution >= 4 is 18.0 Å². The van der Waals surface area contributed by atoms with Gasteiger partial charge in [-0.3, -0.25) is 9.59 Å². The van der Waals surface area contributed by atoms with Crippen LogP contribution in [0.1, 0.15) is 20.3 Å². The lowest BCUT2D eigenvalue weighted by molar-refractivity contribution is -0.267. The summed E-state index contributed by atoms with van der Waals surface area (Å²) in [7, 11) is 0. The van der Waals surface area contributed by atoms with Crippen molar-refractivity contribution in [2.24, 2.45) is 5.11 Å². The van der Waals surface area contributed by atoms with Crippen LogP contribution in [0, 0.1) is 5.53 Å². The highest BCUT2D eigenvalue weighted by Crippen LogP contribution is 2.17. The van der Waals surface area contributed by atoms with E-state index in [1.807, 2.05) is 18.2 Å². The van der Waals surface area contributed by atoms with E-state index in [0.29, 0.717) is 12.2 Å². The second-order valence-electron chi connectivity index (χ2n) is 5.34. The first-order valence-corrected chi connectivity index (χ1v) is 7.76. The summed E-state index contributed by atoms with van der Waals surface area (Å²) in [6.07, 6.45) is -1.49. The van der Waals surface area contributed by atoms with Crippen LogP contribution in [0.4, 0.5) is 4.79 Å². The molecule has 1 heterocycles. The summed E-state index contributed by atoms with van der Waals surface area (Å²) in [5, 5.41) is 14.2. The van der Waals surface area contributed by atoms with Gasteiger partial charge in [-0.05, 0) is 12.1 Å². The van der Waals surface area contributed by atoms with Crippen LogP contribution in [0.15, 0.2) is 35.4 Å². The van der Waals surface area contributed by atoms with E-state index in [9.17, 15) is 19.5 Å². The summed E-state index contributed by atoms with van der Waals surface area (Å²) < 4.78 is 9.74. The maximum atomic E-state index is 10.8. The van der Waals surface area contributed by atoms with Gasteiger partial charge in [0, 0.05) is 26.8 Å². The van der Waals surface area contributed by atoms with Crippen molar-refractivity contribution in [3.8, 4) is 5.75 Å². The van der Waals surface area contributed by atoms with Crippen molar-refractivity contribution in [2.45, 2.75) is 32.4 Å². The number of likely N-dealkylation sites (tertiary alicyclic amines) is 1. The molecular formula is C16H20N4O6. The highest BCUT2D eigenvalue weighted by molar-refractivity contribution is 5.69. The predicted molar refractivity (Wildman–Crippen MR) is 86.0 cm³/mol.